The molecule has 0 saturated heterocycles. The normalized spacial score (nSPS) is 21.0. The van der Waals surface area contributed by atoms with E-state index in [0.717, 1.165) is 11.6 Å². The number of pyridine rings is 1. The van der Waals surface area contributed by atoms with Crippen LogP contribution >= 0.6 is 0 Å². The predicted molar refractivity (Wildman–Crippen MR) is 118 cm³/mol. The Morgan fingerprint density at radius 3 is 2.25 bits per heavy atom. The van der Waals surface area contributed by atoms with Gasteiger partial charge >= 0.3 is 0 Å². The Balaban J connectivity index is 1.73. The minimum absolute atomic E-state index is 0.284. The third kappa shape index (κ3) is 2.65. The Labute approximate surface area is 167 Å². The molecule has 1 saturated carbocycles. The minimum Gasteiger partial charge on any atom is -0.255 e. The maximum atomic E-state index is 5.01. The molecule has 1 aliphatic carbocycles. The lowest BCUT2D eigenvalue weighted by Crippen LogP contribution is -2.07. The molecule has 1 fully saturated rings. The van der Waals surface area contributed by atoms with Crippen LogP contribution in [0, 0.1) is 5.92 Å². The average molecular weight is 364 g/mol. The molecule has 2 unspecified atom stereocenters. The largest absolute Gasteiger partial charge is 0.255 e. The molecule has 1 heterocycles. The highest BCUT2D eigenvalue weighted by Gasteiger charge is 2.50. The third-order valence-electron chi connectivity index (χ3n) is 6.58. The van der Waals surface area contributed by atoms with Gasteiger partial charge < -0.3 is 0 Å². The lowest BCUT2D eigenvalue weighted by atomic mass is 9.87. The fraction of sp³-hybridized carbons (Fsp3) is 0.222. The van der Waals surface area contributed by atoms with E-state index in [1.165, 1.54) is 45.9 Å². The zero-order chi connectivity index (χ0) is 19.1. The van der Waals surface area contributed by atoms with Gasteiger partial charge in [-0.05, 0) is 34.3 Å². The molecule has 0 N–H and O–H groups in total. The van der Waals surface area contributed by atoms with E-state index in [1.807, 2.05) is 0 Å². The fourth-order valence-corrected chi connectivity index (χ4v) is 4.82. The highest BCUT2D eigenvalue weighted by atomic mass is 14.7. The maximum absolute atomic E-state index is 5.01. The fourth-order valence-electron chi connectivity index (χ4n) is 4.82. The molecule has 5 rings (SSSR count). The van der Waals surface area contributed by atoms with Gasteiger partial charge in [0.25, 0.3) is 0 Å². The van der Waals surface area contributed by atoms with E-state index in [0.29, 0.717) is 0 Å². The summed E-state index contributed by atoms with van der Waals surface area (Å²) < 4.78 is 0. The maximum Gasteiger partial charge on any atom is 0.0783 e. The van der Waals surface area contributed by atoms with Crippen LogP contribution in [0.2, 0.25) is 0 Å². The molecule has 4 aromatic rings. The third-order valence-corrected chi connectivity index (χ3v) is 6.58. The molecule has 0 amide bonds. The van der Waals surface area contributed by atoms with E-state index in [2.05, 4.69) is 98.9 Å². The number of hydrogen-bond donors (Lipinski definition) is 0. The van der Waals surface area contributed by atoms with Crippen molar-refractivity contribution in [3.05, 3.63) is 90.6 Å². The Bertz CT molecular complexity index is 1150. The van der Waals surface area contributed by atoms with Gasteiger partial charge in [-0.15, -0.1) is 0 Å². The molecular weight excluding hydrogens is 338 g/mol. The Morgan fingerprint density at radius 2 is 1.50 bits per heavy atom. The standard InChI is InChI=1S/C27H25N/c1-3-20-17-27(20,2)25-16-10-9-15-23(25)26-22-14-8-7-13-21(22)24(18-28-26)19-11-5-4-6-12-19/h4-16,18,20H,3,17H2,1-2H3. The highest BCUT2D eigenvalue weighted by molar-refractivity contribution is 6.03. The van der Waals surface area contributed by atoms with E-state index in [1.54, 1.807) is 0 Å². The molecule has 0 aliphatic heterocycles. The van der Waals surface area contributed by atoms with E-state index in [4.69, 9.17) is 4.98 Å². The first-order valence-corrected chi connectivity index (χ1v) is 10.3. The monoisotopic (exact) mass is 363 g/mol. The summed E-state index contributed by atoms with van der Waals surface area (Å²) in [6.07, 6.45) is 4.57. The molecule has 1 nitrogen and oxygen atoms in total. The molecule has 1 aliphatic rings. The highest BCUT2D eigenvalue weighted by Crippen LogP contribution is 2.57. The Hall–Kier alpha value is -2.93. The van der Waals surface area contributed by atoms with Crippen molar-refractivity contribution in [3.63, 3.8) is 0 Å². The van der Waals surface area contributed by atoms with Gasteiger partial charge in [-0.3, -0.25) is 4.98 Å². The number of rotatable bonds is 4. The number of aromatic nitrogens is 1. The van der Waals surface area contributed by atoms with E-state index >= 15 is 0 Å². The molecular formula is C27H25N. The lowest BCUT2D eigenvalue weighted by molar-refractivity contribution is 0.643. The molecule has 1 heteroatoms. The van der Waals surface area contributed by atoms with Crippen LogP contribution in [0.15, 0.2) is 85.1 Å². The average Bonchev–Trinajstić information content (AvgIpc) is 3.45. The predicted octanol–water partition coefficient (Wildman–Crippen LogP) is 7.26. The van der Waals surface area contributed by atoms with Crippen LogP contribution in [0.1, 0.15) is 32.3 Å². The van der Waals surface area contributed by atoms with Crippen LogP contribution in [-0.4, -0.2) is 4.98 Å². The number of fused-ring (bicyclic) bond motifs is 1. The first-order valence-electron chi connectivity index (χ1n) is 10.3. The van der Waals surface area contributed by atoms with E-state index in [-0.39, 0.29) is 5.41 Å². The molecule has 0 radical (unpaired) electrons. The summed E-state index contributed by atoms with van der Waals surface area (Å²) in [5, 5.41) is 2.50. The number of benzene rings is 3. The van der Waals surface area contributed by atoms with Crippen molar-refractivity contribution in [1.82, 2.24) is 4.98 Å². The molecule has 138 valence electrons. The lowest BCUT2D eigenvalue weighted by Gasteiger charge is -2.18. The summed E-state index contributed by atoms with van der Waals surface area (Å²) in [5.41, 5.74) is 6.54. The summed E-state index contributed by atoms with van der Waals surface area (Å²) in [5.74, 6) is 0.781. The molecule has 1 aromatic heterocycles. The van der Waals surface area contributed by atoms with Crippen molar-refractivity contribution in [3.8, 4) is 22.4 Å². The minimum atomic E-state index is 0.284. The summed E-state index contributed by atoms with van der Waals surface area (Å²) in [6.45, 7) is 4.72. The van der Waals surface area contributed by atoms with Gasteiger partial charge in [-0.1, -0.05) is 99.1 Å². The zero-order valence-electron chi connectivity index (χ0n) is 16.5. The van der Waals surface area contributed by atoms with Crippen LogP contribution in [0.25, 0.3) is 33.2 Å². The SMILES string of the molecule is CCC1CC1(C)c1ccccc1-c1ncc(-c2ccccc2)c2ccccc12. The van der Waals surface area contributed by atoms with Crippen molar-refractivity contribution < 1.29 is 0 Å². The van der Waals surface area contributed by atoms with E-state index in [9.17, 15) is 0 Å². The molecule has 0 spiro atoms. The van der Waals surface area contributed by atoms with Gasteiger partial charge in [0.05, 0.1) is 5.69 Å². The molecule has 3 aromatic carbocycles. The first kappa shape index (κ1) is 17.2. The van der Waals surface area contributed by atoms with Crippen molar-refractivity contribution in [2.75, 3.05) is 0 Å². The molecule has 28 heavy (non-hydrogen) atoms. The van der Waals surface area contributed by atoms with Crippen LogP contribution < -0.4 is 0 Å². The second-order valence-electron chi connectivity index (χ2n) is 8.20. The summed E-state index contributed by atoms with van der Waals surface area (Å²) in [7, 11) is 0. The van der Waals surface area contributed by atoms with Gasteiger partial charge in [-0.2, -0.15) is 0 Å². The van der Waals surface area contributed by atoms with Crippen LogP contribution in [-0.2, 0) is 5.41 Å². The van der Waals surface area contributed by atoms with E-state index < -0.39 is 0 Å². The van der Waals surface area contributed by atoms with Crippen molar-refractivity contribution in [2.24, 2.45) is 5.92 Å². The van der Waals surface area contributed by atoms with Crippen molar-refractivity contribution >= 4 is 10.8 Å². The topological polar surface area (TPSA) is 12.9 Å². The molecule has 0 bridgehead atoms. The van der Waals surface area contributed by atoms with Crippen LogP contribution in [0.3, 0.4) is 0 Å². The van der Waals surface area contributed by atoms with Gasteiger partial charge in [0.15, 0.2) is 0 Å². The van der Waals surface area contributed by atoms with Gasteiger partial charge in [0.2, 0.25) is 0 Å². The van der Waals surface area contributed by atoms with Crippen molar-refractivity contribution in [1.29, 1.82) is 0 Å². The van der Waals surface area contributed by atoms with Crippen LogP contribution in [0.4, 0.5) is 0 Å². The second-order valence-corrected chi connectivity index (χ2v) is 8.20. The zero-order valence-corrected chi connectivity index (χ0v) is 16.5. The quantitative estimate of drug-likeness (QED) is 0.372. The Kier molecular flexibility index (Phi) is 4.05. The smallest absolute Gasteiger partial charge is 0.0783 e. The van der Waals surface area contributed by atoms with Gasteiger partial charge in [0, 0.05) is 22.7 Å². The summed E-state index contributed by atoms with van der Waals surface area (Å²) in [6, 6.07) is 28.1. The van der Waals surface area contributed by atoms with Crippen LogP contribution in [0.5, 0.6) is 0 Å². The number of hydrogen-bond acceptors (Lipinski definition) is 1. The van der Waals surface area contributed by atoms with Gasteiger partial charge in [-0.25, -0.2) is 0 Å². The number of nitrogens with zero attached hydrogens (tertiary/aromatic N) is 1. The summed E-state index contributed by atoms with van der Waals surface area (Å²) >= 11 is 0. The Morgan fingerprint density at radius 1 is 0.821 bits per heavy atom. The second kappa shape index (κ2) is 6.60. The molecule has 2 atom stereocenters. The van der Waals surface area contributed by atoms with Crippen molar-refractivity contribution in [2.45, 2.75) is 32.1 Å². The summed E-state index contributed by atoms with van der Waals surface area (Å²) in [4.78, 5) is 5.01. The first-order chi connectivity index (χ1) is 13.7. The van der Waals surface area contributed by atoms with Gasteiger partial charge in [0.1, 0.15) is 0 Å².